The molecule has 1 aromatic rings. The summed E-state index contributed by atoms with van der Waals surface area (Å²) in [7, 11) is 0. The van der Waals surface area contributed by atoms with Gasteiger partial charge in [0.1, 0.15) is 6.04 Å². The second-order valence-corrected chi connectivity index (χ2v) is 9.66. The molecule has 2 heterocycles. The summed E-state index contributed by atoms with van der Waals surface area (Å²) < 4.78 is 0. The standard InChI is InChI=1S/C24H38N4O2.2ClH/c1-16(2)21(25)23(29)26-22(17(3)4)24(30)28-13-11-19-10-12-27(15-20(19)28)14-18-8-6-5-7-9-18;;/h5-9,16-17,19-22H,10-15,25H2,1-4H3,(H,26,29);2*1H/t19?,20?,21-,22-;;/m0../s1. The largest absolute Gasteiger partial charge is 0.343 e. The van der Waals surface area contributed by atoms with Crippen LogP contribution in [0.15, 0.2) is 30.3 Å². The summed E-state index contributed by atoms with van der Waals surface area (Å²) in [4.78, 5) is 30.5. The van der Waals surface area contributed by atoms with E-state index in [2.05, 4.69) is 34.5 Å². The average Bonchev–Trinajstić information content (AvgIpc) is 3.14. The van der Waals surface area contributed by atoms with E-state index in [1.165, 1.54) is 5.56 Å². The zero-order valence-electron chi connectivity index (χ0n) is 19.7. The van der Waals surface area contributed by atoms with E-state index < -0.39 is 12.1 Å². The number of carbonyl (C=O) groups is 2. The highest BCUT2D eigenvalue weighted by Crippen LogP contribution is 2.33. The molecule has 182 valence electrons. The van der Waals surface area contributed by atoms with Crippen LogP contribution in [0.2, 0.25) is 0 Å². The first-order valence-corrected chi connectivity index (χ1v) is 11.4. The van der Waals surface area contributed by atoms with Crippen molar-refractivity contribution >= 4 is 36.6 Å². The summed E-state index contributed by atoms with van der Waals surface area (Å²) in [5.74, 6) is 0.422. The topological polar surface area (TPSA) is 78.7 Å². The molecule has 1 aromatic carbocycles. The van der Waals surface area contributed by atoms with E-state index in [1.54, 1.807) is 0 Å². The lowest BCUT2D eigenvalue weighted by Crippen LogP contribution is -2.58. The van der Waals surface area contributed by atoms with E-state index in [9.17, 15) is 9.59 Å². The van der Waals surface area contributed by atoms with Crippen LogP contribution in [-0.2, 0) is 16.1 Å². The number of carbonyl (C=O) groups excluding carboxylic acids is 2. The highest BCUT2D eigenvalue weighted by Gasteiger charge is 2.43. The number of nitrogens with two attached hydrogens (primary N) is 1. The predicted octanol–water partition coefficient (Wildman–Crippen LogP) is 3.08. The summed E-state index contributed by atoms with van der Waals surface area (Å²) in [5, 5.41) is 2.95. The van der Waals surface area contributed by atoms with E-state index in [4.69, 9.17) is 5.73 Å². The minimum Gasteiger partial charge on any atom is -0.343 e. The number of benzene rings is 1. The molecule has 2 saturated heterocycles. The molecule has 0 saturated carbocycles. The number of nitrogens with zero attached hydrogens (tertiary/aromatic N) is 2. The van der Waals surface area contributed by atoms with Crippen LogP contribution in [0.1, 0.15) is 46.1 Å². The van der Waals surface area contributed by atoms with E-state index in [-0.39, 0.29) is 54.5 Å². The first-order valence-electron chi connectivity index (χ1n) is 11.4. The van der Waals surface area contributed by atoms with Gasteiger partial charge in [-0.25, -0.2) is 0 Å². The monoisotopic (exact) mass is 486 g/mol. The van der Waals surface area contributed by atoms with Gasteiger partial charge in [0.2, 0.25) is 11.8 Å². The number of hydrogen-bond acceptors (Lipinski definition) is 4. The van der Waals surface area contributed by atoms with Crippen molar-refractivity contribution in [3.05, 3.63) is 35.9 Å². The number of rotatable bonds is 7. The van der Waals surface area contributed by atoms with Crippen LogP contribution in [0.5, 0.6) is 0 Å². The molecular formula is C24H40Cl2N4O2. The van der Waals surface area contributed by atoms with Crippen LogP contribution in [0, 0.1) is 17.8 Å². The molecule has 0 aliphatic carbocycles. The maximum atomic E-state index is 13.5. The third-order valence-corrected chi connectivity index (χ3v) is 6.73. The maximum absolute atomic E-state index is 13.5. The summed E-state index contributed by atoms with van der Waals surface area (Å²) in [6.07, 6.45) is 2.18. The van der Waals surface area contributed by atoms with Gasteiger partial charge in [-0.3, -0.25) is 14.5 Å². The molecule has 0 radical (unpaired) electrons. The molecule has 0 aromatic heterocycles. The number of amides is 2. The van der Waals surface area contributed by atoms with Crippen LogP contribution in [0.3, 0.4) is 0 Å². The fraction of sp³-hybridized carbons (Fsp3) is 0.667. The van der Waals surface area contributed by atoms with E-state index in [0.29, 0.717) is 5.92 Å². The van der Waals surface area contributed by atoms with Gasteiger partial charge >= 0.3 is 0 Å². The summed E-state index contributed by atoms with van der Waals surface area (Å²) in [6, 6.07) is 9.62. The zero-order valence-corrected chi connectivity index (χ0v) is 21.3. The number of nitrogens with one attached hydrogen (secondary N) is 1. The van der Waals surface area contributed by atoms with Crippen LogP contribution in [0.4, 0.5) is 0 Å². The molecule has 3 rings (SSSR count). The highest BCUT2D eigenvalue weighted by atomic mass is 35.5. The van der Waals surface area contributed by atoms with Gasteiger partial charge < -0.3 is 16.0 Å². The Bertz CT molecular complexity index is 732. The van der Waals surface area contributed by atoms with Crippen LogP contribution in [-0.4, -0.2) is 59.4 Å². The summed E-state index contributed by atoms with van der Waals surface area (Å²) in [6.45, 7) is 11.5. The van der Waals surface area contributed by atoms with Gasteiger partial charge in [0, 0.05) is 25.7 Å². The fourth-order valence-electron chi connectivity index (χ4n) is 4.71. The molecular weight excluding hydrogens is 447 g/mol. The molecule has 2 amide bonds. The summed E-state index contributed by atoms with van der Waals surface area (Å²) in [5.41, 5.74) is 7.32. The van der Waals surface area contributed by atoms with Gasteiger partial charge in [-0.05, 0) is 42.7 Å². The quantitative estimate of drug-likeness (QED) is 0.620. The van der Waals surface area contributed by atoms with Crippen molar-refractivity contribution in [2.45, 2.75) is 65.2 Å². The van der Waals surface area contributed by atoms with Gasteiger partial charge in [0.25, 0.3) is 0 Å². The van der Waals surface area contributed by atoms with Crippen LogP contribution >= 0.6 is 24.8 Å². The second-order valence-electron chi connectivity index (χ2n) is 9.66. The number of halogens is 2. The fourth-order valence-corrected chi connectivity index (χ4v) is 4.71. The van der Waals surface area contributed by atoms with E-state index in [1.807, 2.05) is 38.7 Å². The maximum Gasteiger partial charge on any atom is 0.245 e. The van der Waals surface area contributed by atoms with Crippen molar-refractivity contribution in [2.75, 3.05) is 19.6 Å². The van der Waals surface area contributed by atoms with Crippen molar-refractivity contribution in [2.24, 2.45) is 23.5 Å². The Morgan fingerprint density at radius 1 is 1.03 bits per heavy atom. The molecule has 32 heavy (non-hydrogen) atoms. The van der Waals surface area contributed by atoms with Gasteiger partial charge in [-0.15, -0.1) is 24.8 Å². The van der Waals surface area contributed by atoms with E-state index >= 15 is 0 Å². The Labute approximate surface area is 205 Å². The van der Waals surface area contributed by atoms with Crippen LogP contribution in [0.25, 0.3) is 0 Å². The van der Waals surface area contributed by atoms with Gasteiger partial charge in [-0.2, -0.15) is 0 Å². The Morgan fingerprint density at radius 2 is 1.66 bits per heavy atom. The predicted molar refractivity (Wildman–Crippen MR) is 134 cm³/mol. The lowest BCUT2D eigenvalue weighted by atomic mass is 9.91. The number of fused-ring (bicyclic) bond motifs is 1. The van der Waals surface area contributed by atoms with Gasteiger partial charge in [0.05, 0.1) is 6.04 Å². The minimum atomic E-state index is -0.596. The molecule has 0 bridgehead atoms. The minimum absolute atomic E-state index is 0. The second kappa shape index (κ2) is 12.8. The molecule has 2 unspecified atom stereocenters. The van der Waals surface area contributed by atoms with E-state index in [0.717, 1.165) is 39.0 Å². The Kier molecular flexibility index (Phi) is 11.5. The van der Waals surface area contributed by atoms with Gasteiger partial charge in [-0.1, -0.05) is 58.0 Å². The number of hydrogen-bond donors (Lipinski definition) is 2. The number of likely N-dealkylation sites (tertiary alicyclic amines) is 2. The molecule has 4 atom stereocenters. The SMILES string of the molecule is CC(C)[C@H](N)C(=O)N[C@H](C(=O)N1CCC2CCN(Cc3ccccc3)CC21)C(C)C.Cl.Cl. The molecule has 2 aliphatic heterocycles. The Hall–Kier alpha value is -1.34. The summed E-state index contributed by atoms with van der Waals surface area (Å²) >= 11 is 0. The van der Waals surface area contributed by atoms with Crippen molar-refractivity contribution in [3.8, 4) is 0 Å². The highest BCUT2D eigenvalue weighted by molar-refractivity contribution is 5.90. The Balaban J connectivity index is 0.00000256. The molecule has 2 fully saturated rings. The first-order chi connectivity index (χ1) is 14.3. The lowest BCUT2D eigenvalue weighted by molar-refractivity contribution is -0.140. The smallest absolute Gasteiger partial charge is 0.245 e. The number of piperidine rings is 1. The third-order valence-electron chi connectivity index (χ3n) is 6.73. The first kappa shape index (κ1) is 28.7. The van der Waals surface area contributed by atoms with Gasteiger partial charge in [0.15, 0.2) is 0 Å². The molecule has 2 aliphatic rings. The van der Waals surface area contributed by atoms with Crippen molar-refractivity contribution in [3.63, 3.8) is 0 Å². The van der Waals surface area contributed by atoms with Crippen molar-refractivity contribution in [1.82, 2.24) is 15.1 Å². The molecule has 6 nitrogen and oxygen atoms in total. The normalized spacial score (nSPS) is 22.5. The van der Waals surface area contributed by atoms with Crippen LogP contribution < -0.4 is 11.1 Å². The average molecular weight is 488 g/mol. The molecule has 0 spiro atoms. The lowest BCUT2D eigenvalue weighted by Gasteiger charge is -2.40. The van der Waals surface area contributed by atoms with Crippen molar-refractivity contribution in [1.29, 1.82) is 0 Å². The third kappa shape index (κ3) is 6.83. The Morgan fingerprint density at radius 3 is 2.25 bits per heavy atom. The molecule has 3 N–H and O–H groups in total. The zero-order chi connectivity index (χ0) is 21.8. The van der Waals surface area contributed by atoms with Crippen molar-refractivity contribution < 1.29 is 9.59 Å². The molecule has 8 heteroatoms.